The van der Waals surface area contributed by atoms with Crippen LogP contribution in [0.4, 0.5) is 0 Å². The lowest BCUT2D eigenvalue weighted by Crippen LogP contribution is -2.57. The number of hydrogen-bond donors (Lipinski definition) is 0. The van der Waals surface area contributed by atoms with Gasteiger partial charge in [-0.1, -0.05) is 0 Å². The molecule has 17 heavy (non-hydrogen) atoms. The van der Waals surface area contributed by atoms with Crippen LogP contribution in [0.5, 0.6) is 0 Å². The van der Waals surface area contributed by atoms with Crippen molar-refractivity contribution in [2.45, 2.75) is 52.4 Å². The monoisotopic (exact) mass is 330 g/mol. The summed E-state index contributed by atoms with van der Waals surface area (Å²) < 4.78 is 24.3. The van der Waals surface area contributed by atoms with Gasteiger partial charge in [0.2, 0.25) is 0 Å². The molecule has 0 fully saturated rings. The lowest BCUT2D eigenvalue weighted by Gasteiger charge is -2.35. The second-order valence-corrected chi connectivity index (χ2v) is 18.3. The fourth-order valence-corrected chi connectivity index (χ4v) is 14.9. The molecule has 106 valence electrons. The Bertz CT molecular complexity index is 172. The first-order valence-electron chi connectivity index (χ1n) is 6.38. The van der Waals surface area contributed by atoms with Crippen LogP contribution in [0.3, 0.4) is 0 Å². The molecular formula is C8H30O4Si5. The van der Waals surface area contributed by atoms with E-state index in [1.54, 1.807) is 0 Å². The fraction of sp³-hybridized carbons (Fsp3) is 1.00. The molecule has 0 amide bonds. The molecule has 0 aliphatic carbocycles. The van der Waals surface area contributed by atoms with E-state index < -0.39 is 45.2 Å². The van der Waals surface area contributed by atoms with E-state index in [9.17, 15) is 0 Å². The van der Waals surface area contributed by atoms with Gasteiger partial charge in [-0.05, 0) is 52.4 Å². The summed E-state index contributed by atoms with van der Waals surface area (Å²) in [7, 11) is -7.68. The summed E-state index contributed by atoms with van der Waals surface area (Å²) in [6, 6.07) is 0. The van der Waals surface area contributed by atoms with E-state index in [0.29, 0.717) is 0 Å². The lowest BCUT2D eigenvalue weighted by molar-refractivity contribution is 0.164. The summed E-state index contributed by atoms with van der Waals surface area (Å²) in [5, 5.41) is 0. The molecule has 0 aromatic carbocycles. The Morgan fingerprint density at radius 3 is 0.824 bits per heavy atom. The van der Waals surface area contributed by atoms with Crippen molar-refractivity contribution >= 4 is 45.2 Å². The molecule has 0 aromatic heterocycles. The molecule has 0 atom stereocenters. The molecule has 0 heterocycles. The van der Waals surface area contributed by atoms with Gasteiger partial charge in [-0.25, -0.2) is 0 Å². The van der Waals surface area contributed by atoms with E-state index in [4.69, 9.17) is 16.5 Å². The topological polar surface area (TPSA) is 36.9 Å². The van der Waals surface area contributed by atoms with Crippen LogP contribution < -0.4 is 0 Å². The van der Waals surface area contributed by atoms with Crippen molar-refractivity contribution in [2.24, 2.45) is 0 Å². The lowest BCUT2D eigenvalue weighted by atomic mass is 11.9. The van der Waals surface area contributed by atoms with Crippen LogP contribution in [0, 0.1) is 0 Å². The van der Waals surface area contributed by atoms with Crippen molar-refractivity contribution in [1.29, 1.82) is 0 Å². The van der Waals surface area contributed by atoms with Gasteiger partial charge in [0.25, 0.3) is 0 Å². The van der Waals surface area contributed by atoms with E-state index in [1.165, 1.54) is 0 Å². The van der Waals surface area contributed by atoms with Gasteiger partial charge >= 0.3 is 9.05 Å². The average molecular weight is 331 g/mol. The average Bonchev–Trinajstić information content (AvgIpc) is 1.95. The maximum absolute atomic E-state index is 6.09. The van der Waals surface area contributed by atoms with Crippen LogP contribution in [0.25, 0.3) is 0 Å². The SMILES string of the molecule is C[SiH](C)O[Si](O[SiH](C)C)(O[SiH](C)C)O[SiH](C)C.[HH]. The van der Waals surface area contributed by atoms with Gasteiger partial charge < -0.3 is 16.5 Å². The van der Waals surface area contributed by atoms with Crippen LogP contribution in [-0.2, 0) is 16.5 Å². The van der Waals surface area contributed by atoms with Crippen molar-refractivity contribution < 1.29 is 17.9 Å². The van der Waals surface area contributed by atoms with E-state index in [-0.39, 0.29) is 1.43 Å². The Morgan fingerprint density at radius 1 is 0.529 bits per heavy atom. The largest absolute Gasteiger partial charge is 0.636 e. The predicted molar refractivity (Wildman–Crippen MR) is 87.7 cm³/mol. The third kappa shape index (κ3) is 8.61. The van der Waals surface area contributed by atoms with E-state index >= 15 is 0 Å². The van der Waals surface area contributed by atoms with Crippen molar-refractivity contribution in [2.75, 3.05) is 0 Å². The van der Waals surface area contributed by atoms with Gasteiger partial charge in [-0.2, -0.15) is 0 Å². The summed E-state index contributed by atoms with van der Waals surface area (Å²) in [5.74, 6) is 0. The molecule has 9 heteroatoms. The fourth-order valence-electron chi connectivity index (χ4n) is 1.32. The zero-order valence-electron chi connectivity index (χ0n) is 12.4. The first kappa shape index (κ1) is 17.9. The number of hydrogen-bond acceptors (Lipinski definition) is 4. The van der Waals surface area contributed by atoms with Gasteiger partial charge in [0.1, 0.15) is 0 Å². The van der Waals surface area contributed by atoms with Crippen molar-refractivity contribution in [3.8, 4) is 0 Å². The third-order valence-electron chi connectivity index (χ3n) is 1.52. The second kappa shape index (κ2) is 8.17. The normalized spacial score (nSPS) is 13.4. The quantitative estimate of drug-likeness (QED) is 0.634. The Balaban J connectivity index is 0. The predicted octanol–water partition coefficient (Wildman–Crippen LogP) is 1.67. The summed E-state index contributed by atoms with van der Waals surface area (Å²) in [6.45, 7) is 17.1. The number of rotatable bonds is 8. The maximum atomic E-state index is 6.09. The smallest absolute Gasteiger partial charge is 0.399 e. The maximum Gasteiger partial charge on any atom is 0.636 e. The van der Waals surface area contributed by atoms with Crippen LogP contribution in [-0.4, -0.2) is 45.2 Å². The molecule has 0 saturated carbocycles. The highest BCUT2D eigenvalue weighted by Crippen LogP contribution is 2.17. The summed E-state index contributed by atoms with van der Waals surface area (Å²) in [6.07, 6.45) is 0. The highest BCUT2D eigenvalue weighted by molar-refractivity contribution is 6.80. The van der Waals surface area contributed by atoms with Gasteiger partial charge in [0.05, 0.1) is 0 Å². The van der Waals surface area contributed by atoms with Crippen molar-refractivity contribution in [3.63, 3.8) is 0 Å². The van der Waals surface area contributed by atoms with Gasteiger partial charge in [-0.15, -0.1) is 0 Å². The molecule has 0 bridgehead atoms. The van der Waals surface area contributed by atoms with Crippen LogP contribution >= 0.6 is 0 Å². The highest BCUT2D eigenvalue weighted by atomic mass is 28.5. The van der Waals surface area contributed by atoms with E-state index in [0.717, 1.165) is 0 Å². The Hall–Kier alpha value is 0.924. The first-order chi connectivity index (χ1) is 7.67. The molecule has 4 nitrogen and oxygen atoms in total. The Labute approximate surface area is 116 Å². The summed E-state index contributed by atoms with van der Waals surface area (Å²) >= 11 is 0. The molecule has 0 aromatic rings. The van der Waals surface area contributed by atoms with Gasteiger partial charge in [0.15, 0.2) is 36.2 Å². The molecular weight excluding hydrogens is 301 g/mol. The molecule has 0 N–H and O–H groups in total. The first-order valence-corrected chi connectivity index (χ1v) is 19.1. The minimum atomic E-state index is -2.80. The minimum absolute atomic E-state index is 0. The van der Waals surface area contributed by atoms with E-state index in [2.05, 4.69) is 52.4 Å². The van der Waals surface area contributed by atoms with Gasteiger partial charge in [-0.3, -0.25) is 0 Å². The summed E-state index contributed by atoms with van der Waals surface area (Å²) in [5.41, 5.74) is 0. The molecule has 0 saturated heterocycles. The molecule has 0 rings (SSSR count). The molecule has 0 unspecified atom stereocenters. The van der Waals surface area contributed by atoms with Gasteiger partial charge in [0, 0.05) is 1.43 Å². The Morgan fingerprint density at radius 2 is 0.706 bits per heavy atom. The van der Waals surface area contributed by atoms with Crippen LogP contribution in [0.15, 0.2) is 0 Å². The van der Waals surface area contributed by atoms with Crippen LogP contribution in [0.1, 0.15) is 1.43 Å². The zero-order chi connectivity index (χ0) is 13.6. The highest BCUT2D eigenvalue weighted by Gasteiger charge is 2.47. The third-order valence-corrected chi connectivity index (χ3v) is 13.7. The molecule has 0 aliphatic rings. The van der Waals surface area contributed by atoms with Crippen molar-refractivity contribution in [1.82, 2.24) is 0 Å². The van der Waals surface area contributed by atoms with E-state index in [1.807, 2.05) is 0 Å². The summed E-state index contributed by atoms with van der Waals surface area (Å²) in [4.78, 5) is 0. The minimum Gasteiger partial charge on any atom is -0.399 e. The Kier molecular flexibility index (Phi) is 8.61. The molecule has 0 spiro atoms. The van der Waals surface area contributed by atoms with Crippen molar-refractivity contribution in [3.05, 3.63) is 0 Å². The molecule has 0 aliphatic heterocycles. The molecule has 0 radical (unpaired) electrons. The standard InChI is InChI=1S/C8H28O4Si5.H2/c1-13(2)9-17(10-14(3)4,11-15(5)6)12-16(7)8;/h13-16H,1-8H3;1H. The van der Waals surface area contributed by atoms with Crippen LogP contribution in [0.2, 0.25) is 52.4 Å². The zero-order valence-corrected chi connectivity index (χ0v) is 18.1. The second-order valence-electron chi connectivity index (χ2n) is 5.17.